The highest BCUT2D eigenvalue weighted by atomic mass is 127. The lowest BCUT2D eigenvalue weighted by Gasteiger charge is -2.36. The summed E-state index contributed by atoms with van der Waals surface area (Å²) in [6.45, 7) is 14.0. The second-order valence-corrected chi connectivity index (χ2v) is 8.11. The molecule has 0 amide bonds. The van der Waals surface area contributed by atoms with Crippen molar-refractivity contribution in [3.05, 3.63) is 29.3 Å². The van der Waals surface area contributed by atoms with E-state index in [2.05, 4.69) is 43.6 Å². The van der Waals surface area contributed by atoms with E-state index in [1.807, 2.05) is 12.1 Å². The molecule has 2 N–H and O–H groups in total. The Kier molecular flexibility index (Phi) is 10.8. The molecule has 6 nitrogen and oxygen atoms in total. The first-order valence-corrected chi connectivity index (χ1v) is 11.0. The quantitative estimate of drug-likeness (QED) is 0.252. The number of unbranched alkanes of at least 4 members (excludes halogenated alkanes) is 1. The summed E-state index contributed by atoms with van der Waals surface area (Å²) in [4.78, 5) is 14.3. The molecule has 0 atom stereocenters. The van der Waals surface area contributed by atoms with Gasteiger partial charge in [0.25, 0.3) is 0 Å². The fourth-order valence-corrected chi connectivity index (χ4v) is 4.04. The zero-order chi connectivity index (χ0) is 19.8. The number of halogens is 2. The third-order valence-electron chi connectivity index (χ3n) is 5.86. The Balaban J connectivity index is 0.00000300. The molecule has 2 aliphatic heterocycles. The molecule has 1 aromatic carbocycles. The normalized spacial score (nSPS) is 19.3. The van der Waals surface area contributed by atoms with Crippen LogP contribution in [0, 0.1) is 0 Å². The van der Waals surface area contributed by atoms with E-state index in [9.17, 15) is 0 Å². The first-order chi connectivity index (χ1) is 13.7. The van der Waals surface area contributed by atoms with Crippen LogP contribution < -0.4 is 10.6 Å². The van der Waals surface area contributed by atoms with Crippen LogP contribution >= 0.6 is 35.6 Å². The maximum Gasteiger partial charge on any atom is 0.191 e. The predicted octanol–water partition coefficient (Wildman–Crippen LogP) is 2.81. The Bertz CT molecular complexity index is 610. The molecule has 1 aromatic rings. The van der Waals surface area contributed by atoms with Crippen molar-refractivity contribution in [2.45, 2.75) is 19.8 Å². The van der Waals surface area contributed by atoms with Gasteiger partial charge in [-0.2, -0.15) is 0 Å². The molecule has 0 radical (unpaired) electrons. The summed E-state index contributed by atoms with van der Waals surface area (Å²) in [5, 5.41) is 0.780. The van der Waals surface area contributed by atoms with Gasteiger partial charge in [0.1, 0.15) is 0 Å². The molecule has 2 saturated heterocycles. The number of rotatable bonds is 7. The van der Waals surface area contributed by atoms with E-state index >= 15 is 0 Å². The second-order valence-electron chi connectivity index (χ2n) is 7.67. The summed E-state index contributed by atoms with van der Waals surface area (Å²) >= 11 is 5.98. The first-order valence-electron chi connectivity index (χ1n) is 10.7. The van der Waals surface area contributed by atoms with Gasteiger partial charge >= 0.3 is 0 Å². The van der Waals surface area contributed by atoms with E-state index in [4.69, 9.17) is 17.3 Å². The summed E-state index contributed by atoms with van der Waals surface area (Å²) in [6, 6.07) is 8.06. The number of benzene rings is 1. The SMILES string of the molecule is CCN1CCN(CCCCN=C(N)N2CCN(c3ccc(Cl)cc3)CC2)CC1.I. The van der Waals surface area contributed by atoms with E-state index in [0.29, 0.717) is 5.96 Å². The number of guanidine groups is 1. The van der Waals surface area contributed by atoms with Gasteiger partial charge in [-0.05, 0) is 50.2 Å². The van der Waals surface area contributed by atoms with Gasteiger partial charge in [-0.25, -0.2) is 0 Å². The minimum atomic E-state index is 0. The van der Waals surface area contributed by atoms with Crippen molar-refractivity contribution >= 4 is 47.2 Å². The average molecular weight is 535 g/mol. The van der Waals surface area contributed by atoms with Gasteiger partial charge in [0.15, 0.2) is 5.96 Å². The van der Waals surface area contributed by atoms with Crippen LogP contribution in [0.1, 0.15) is 19.8 Å². The van der Waals surface area contributed by atoms with Crippen LogP contribution in [0.25, 0.3) is 0 Å². The van der Waals surface area contributed by atoms with Crippen molar-refractivity contribution < 1.29 is 0 Å². The second kappa shape index (κ2) is 12.8. The largest absolute Gasteiger partial charge is 0.370 e. The van der Waals surface area contributed by atoms with Crippen molar-refractivity contribution in [2.24, 2.45) is 10.7 Å². The minimum Gasteiger partial charge on any atom is -0.370 e. The minimum absolute atomic E-state index is 0. The van der Waals surface area contributed by atoms with Gasteiger partial charge in [-0.15, -0.1) is 24.0 Å². The van der Waals surface area contributed by atoms with E-state index < -0.39 is 0 Å². The number of hydrogen-bond donors (Lipinski definition) is 1. The van der Waals surface area contributed by atoms with Crippen molar-refractivity contribution in [1.29, 1.82) is 0 Å². The maximum atomic E-state index is 6.23. The Morgan fingerprint density at radius 3 is 2.17 bits per heavy atom. The fraction of sp³-hybridized carbons (Fsp3) is 0.667. The lowest BCUT2D eigenvalue weighted by molar-refractivity contribution is 0.136. The summed E-state index contributed by atoms with van der Waals surface area (Å²) in [5.41, 5.74) is 7.45. The molecule has 8 heteroatoms. The van der Waals surface area contributed by atoms with E-state index in [-0.39, 0.29) is 24.0 Å². The number of likely N-dealkylation sites (N-methyl/N-ethyl adjacent to an activating group) is 1. The Hall–Kier alpha value is -0.770. The standard InChI is InChI=1S/C21H35ClN6.HI/c1-2-25-11-13-26(14-12-25)10-4-3-9-24-21(23)28-17-15-27(16-18-28)20-7-5-19(22)6-8-20;/h5-8H,2-4,9-18H2,1H3,(H2,23,24);1H. The number of nitrogens with zero attached hydrogens (tertiary/aromatic N) is 5. The summed E-state index contributed by atoms with van der Waals surface area (Å²) in [6.07, 6.45) is 2.31. The zero-order valence-electron chi connectivity index (χ0n) is 17.6. The monoisotopic (exact) mass is 534 g/mol. The van der Waals surface area contributed by atoms with E-state index in [1.165, 1.54) is 51.4 Å². The fourth-order valence-electron chi connectivity index (χ4n) is 3.92. The summed E-state index contributed by atoms with van der Waals surface area (Å²) in [5.74, 6) is 0.701. The van der Waals surface area contributed by atoms with Crippen LogP contribution in [0.3, 0.4) is 0 Å². The highest BCUT2D eigenvalue weighted by molar-refractivity contribution is 14.0. The molecule has 3 rings (SSSR count). The van der Waals surface area contributed by atoms with Gasteiger partial charge in [-0.1, -0.05) is 18.5 Å². The molecule has 0 saturated carbocycles. The summed E-state index contributed by atoms with van der Waals surface area (Å²) in [7, 11) is 0. The van der Waals surface area contributed by atoms with Crippen molar-refractivity contribution in [1.82, 2.24) is 14.7 Å². The number of anilines is 1. The number of piperazine rings is 2. The lowest BCUT2D eigenvalue weighted by Crippen LogP contribution is -2.51. The molecule has 29 heavy (non-hydrogen) atoms. The van der Waals surface area contributed by atoms with Crippen LogP contribution in [0.2, 0.25) is 5.02 Å². The van der Waals surface area contributed by atoms with Gasteiger partial charge in [0.05, 0.1) is 0 Å². The van der Waals surface area contributed by atoms with Crippen LogP contribution in [0.5, 0.6) is 0 Å². The average Bonchev–Trinajstić information content (AvgIpc) is 2.74. The predicted molar refractivity (Wildman–Crippen MR) is 135 cm³/mol. The van der Waals surface area contributed by atoms with Crippen LogP contribution in [-0.2, 0) is 0 Å². The number of aliphatic imine (C=N–C) groups is 1. The first kappa shape index (κ1) is 24.5. The topological polar surface area (TPSA) is 51.3 Å². The molecule has 2 aliphatic rings. The van der Waals surface area contributed by atoms with Crippen molar-refractivity contribution in [3.8, 4) is 0 Å². The Morgan fingerprint density at radius 1 is 0.931 bits per heavy atom. The molecule has 0 spiro atoms. The molecule has 0 unspecified atom stereocenters. The third-order valence-corrected chi connectivity index (χ3v) is 6.12. The lowest BCUT2D eigenvalue weighted by atomic mass is 10.2. The van der Waals surface area contributed by atoms with Gasteiger partial charge in [0, 0.05) is 69.6 Å². The number of hydrogen-bond acceptors (Lipinski definition) is 4. The van der Waals surface area contributed by atoms with Gasteiger partial charge < -0.3 is 25.3 Å². The molecular formula is C21H36ClIN6. The summed E-state index contributed by atoms with van der Waals surface area (Å²) < 4.78 is 0. The number of nitrogens with two attached hydrogens (primary N) is 1. The van der Waals surface area contributed by atoms with Crippen LogP contribution in [0.15, 0.2) is 29.3 Å². The van der Waals surface area contributed by atoms with Gasteiger partial charge in [-0.3, -0.25) is 4.99 Å². The third kappa shape index (κ3) is 7.77. The molecule has 164 valence electrons. The van der Waals surface area contributed by atoms with Crippen molar-refractivity contribution in [2.75, 3.05) is 76.9 Å². The smallest absolute Gasteiger partial charge is 0.191 e. The highest BCUT2D eigenvalue weighted by Crippen LogP contribution is 2.19. The molecule has 2 fully saturated rings. The molecule has 2 heterocycles. The zero-order valence-corrected chi connectivity index (χ0v) is 20.7. The van der Waals surface area contributed by atoms with E-state index in [1.54, 1.807) is 0 Å². The van der Waals surface area contributed by atoms with Gasteiger partial charge in [0.2, 0.25) is 0 Å². The van der Waals surface area contributed by atoms with Crippen molar-refractivity contribution in [3.63, 3.8) is 0 Å². The molecule has 0 bridgehead atoms. The Labute approximate surface area is 198 Å². The Morgan fingerprint density at radius 2 is 1.55 bits per heavy atom. The molecule has 0 aromatic heterocycles. The van der Waals surface area contributed by atoms with E-state index in [0.717, 1.165) is 44.2 Å². The van der Waals surface area contributed by atoms with Crippen LogP contribution in [0.4, 0.5) is 5.69 Å². The van der Waals surface area contributed by atoms with Crippen LogP contribution in [-0.4, -0.2) is 92.7 Å². The highest BCUT2D eigenvalue weighted by Gasteiger charge is 2.18. The molecule has 0 aliphatic carbocycles. The maximum absolute atomic E-state index is 6.23. The molecular weight excluding hydrogens is 499 g/mol.